The predicted octanol–water partition coefficient (Wildman–Crippen LogP) is 2.05. The highest BCUT2D eigenvalue weighted by atomic mass is 35.5. The molecule has 1 aromatic carbocycles. The molecule has 0 amide bonds. The van der Waals surface area contributed by atoms with Crippen molar-refractivity contribution in [1.82, 2.24) is 4.98 Å². The molecular formula is C10H5ClN2O. The van der Waals surface area contributed by atoms with E-state index < -0.39 is 0 Å². The maximum atomic E-state index is 11.6. The second kappa shape index (κ2) is 3.17. The van der Waals surface area contributed by atoms with Gasteiger partial charge in [0.1, 0.15) is 11.6 Å². The van der Waals surface area contributed by atoms with Gasteiger partial charge in [-0.3, -0.25) is 4.79 Å². The number of nitrogens with zero attached hydrogens (tertiary/aromatic N) is 1. The van der Waals surface area contributed by atoms with E-state index in [9.17, 15) is 4.79 Å². The van der Waals surface area contributed by atoms with Gasteiger partial charge >= 0.3 is 0 Å². The summed E-state index contributed by atoms with van der Waals surface area (Å²) >= 11 is 5.87. The normalized spacial score (nSPS) is 10.0. The number of nitriles is 1. The zero-order valence-electron chi connectivity index (χ0n) is 7.04. The molecule has 0 bridgehead atoms. The van der Waals surface area contributed by atoms with Crippen LogP contribution in [-0.4, -0.2) is 4.98 Å². The minimum atomic E-state index is -0.288. The number of nitrogens with one attached hydrogen (secondary N) is 1. The van der Waals surface area contributed by atoms with E-state index in [1.807, 2.05) is 6.07 Å². The summed E-state index contributed by atoms with van der Waals surface area (Å²) in [7, 11) is 0. The third-order valence-electron chi connectivity index (χ3n) is 1.98. The molecule has 0 saturated carbocycles. The smallest absolute Gasteiger partial charge is 0.207 e. The largest absolute Gasteiger partial charge is 0.358 e. The molecule has 1 heterocycles. The summed E-state index contributed by atoms with van der Waals surface area (Å²) in [6.45, 7) is 0. The number of hydrogen-bond acceptors (Lipinski definition) is 2. The number of aromatic amines is 1. The van der Waals surface area contributed by atoms with Gasteiger partial charge in [0.2, 0.25) is 5.43 Å². The van der Waals surface area contributed by atoms with Crippen molar-refractivity contribution in [2.75, 3.05) is 0 Å². The first-order valence-corrected chi connectivity index (χ1v) is 4.32. The Bertz CT molecular complexity index is 595. The lowest BCUT2D eigenvalue weighted by atomic mass is 10.1. The molecule has 0 saturated heterocycles. The van der Waals surface area contributed by atoms with Crippen molar-refractivity contribution in [3.63, 3.8) is 0 Å². The third-order valence-corrected chi connectivity index (χ3v) is 2.30. The Labute approximate surface area is 84.6 Å². The van der Waals surface area contributed by atoms with Crippen LogP contribution in [0.4, 0.5) is 0 Å². The fourth-order valence-corrected chi connectivity index (χ4v) is 1.53. The van der Waals surface area contributed by atoms with Crippen molar-refractivity contribution in [2.24, 2.45) is 0 Å². The molecule has 0 aliphatic carbocycles. The van der Waals surface area contributed by atoms with Crippen LogP contribution in [0.25, 0.3) is 10.9 Å². The molecule has 0 aliphatic heterocycles. The van der Waals surface area contributed by atoms with Gasteiger partial charge in [-0.25, -0.2) is 0 Å². The van der Waals surface area contributed by atoms with Gasteiger partial charge in [-0.2, -0.15) is 5.26 Å². The van der Waals surface area contributed by atoms with Crippen LogP contribution in [0.15, 0.2) is 29.2 Å². The molecule has 0 unspecified atom stereocenters. The van der Waals surface area contributed by atoms with Crippen molar-refractivity contribution in [3.05, 3.63) is 45.2 Å². The minimum absolute atomic E-state index is 0.0970. The van der Waals surface area contributed by atoms with Gasteiger partial charge < -0.3 is 4.98 Å². The molecule has 3 nitrogen and oxygen atoms in total. The van der Waals surface area contributed by atoms with Gasteiger partial charge in [-0.05, 0) is 12.1 Å². The summed E-state index contributed by atoms with van der Waals surface area (Å²) in [6, 6.07) is 6.83. The van der Waals surface area contributed by atoms with E-state index in [1.54, 1.807) is 18.2 Å². The van der Waals surface area contributed by atoms with Gasteiger partial charge in [-0.1, -0.05) is 17.7 Å². The van der Waals surface area contributed by atoms with Crippen LogP contribution in [0.5, 0.6) is 0 Å². The number of fused-ring (bicyclic) bond motifs is 1. The van der Waals surface area contributed by atoms with E-state index in [0.717, 1.165) is 0 Å². The number of pyridine rings is 1. The summed E-state index contributed by atoms with van der Waals surface area (Å²) in [5.41, 5.74) is 0.377. The van der Waals surface area contributed by atoms with Gasteiger partial charge in [0.25, 0.3) is 0 Å². The van der Waals surface area contributed by atoms with Crippen LogP contribution >= 0.6 is 11.6 Å². The molecule has 2 aromatic rings. The Morgan fingerprint density at radius 2 is 2.21 bits per heavy atom. The van der Waals surface area contributed by atoms with E-state index in [2.05, 4.69) is 4.98 Å². The van der Waals surface area contributed by atoms with Crippen LogP contribution in [0, 0.1) is 11.3 Å². The summed E-state index contributed by atoms with van der Waals surface area (Å²) in [5.74, 6) is 0. The summed E-state index contributed by atoms with van der Waals surface area (Å²) in [4.78, 5) is 14.4. The fourth-order valence-electron chi connectivity index (χ4n) is 1.30. The van der Waals surface area contributed by atoms with Crippen molar-refractivity contribution in [1.29, 1.82) is 5.26 Å². The molecule has 0 atom stereocenters. The molecular weight excluding hydrogens is 200 g/mol. The average Bonchev–Trinajstić information content (AvgIpc) is 2.20. The number of H-pyrrole nitrogens is 1. The fraction of sp³-hybridized carbons (Fsp3) is 0. The van der Waals surface area contributed by atoms with Gasteiger partial charge in [0.15, 0.2) is 0 Å². The van der Waals surface area contributed by atoms with Gasteiger partial charge in [-0.15, -0.1) is 0 Å². The number of halogens is 1. The highest BCUT2D eigenvalue weighted by molar-refractivity contribution is 6.35. The summed E-state index contributed by atoms with van der Waals surface area (Å²) in [5, 5.41) is 9.56. The molecule has 0 radical (unpaired) electrons. The Balaban J connectivity index is 3.00. The number of rotatable bonds is 0. The van der Waals surface area contributed by atoms with Crippen molar-refractivity contribution in [2.45, 2.75) is 0 Å². The zero-order valence-corrected chi connectivity index (χ0v) is 7.80. The molecule has 14 heavy (non-hydrogen) atoms. The quantitative estimate of drug-likeness (QED) is 0.714. The first-order chi connectivity index (χ1) is 6.74. The summed E-state index contributed by atoms with van der Waals surface area (Å²) in [6.07, 6.45) is 1.37. The van der Waals surface area contributed by atoms with Crippen molar-refractivity contribution < 1.29 is 0 Å². The van der Waals surface area contributed by atoms with Crippen LogP contribution < -0.4 is 5.43 Å². The predicted molar refractivity (Wildman–Crippen MR) is 54.3 cm³/mol. The SMILES string of the molecule is N#Cc1c[nH]c2c(Cl)cccc2c1=O. The zero-order chi connectivity index (χ0) is 10.1. The van der Waals surface area contributed by atoms with E-state index in [1.165, 1.54) is 6.20 Å². The monoisotopic (exact) mass is 204 g/mol. The standard InChI is InChI=1S/C10H5ClN2O/c11-8-3-1-2-7-9(8)13-5-6(4-12)10(7)14/h1-3,5H,(H,13,14). The van der Waals surface area contributed by atoms with Crippen LogP contribution in [-0.2, 0) is 0 Å². The van der Waals surface area contributed by atoms with E-state index in [-0.39, 0.29) is 11.0 Å². The lowest BCUT2D eigenvalue weighted by molar-refractivity contribution is 1.34. The number of aromatic nitrogens is 1. The molecule has 0 aliphatic rings. The molecule has 4 heteroatoms. The lowest BCUT2D eigenvalue weighted by Crippen LogP contribution is -2.06. The highest BCUT2D eigenvalue weighted by Crippen LogP contribution is 2.18. The first-order valence-electron chi connectivity index (χ1n) is 3.94. The number of hydrogen-bond donors (Lipinski definition) is 1. The number of para-hydroxylation sites is 1. The maximum absolute atomic E-state index is 11.6. The highest BCUT2D eigenvalue weighted by Gasteiger charge is 2.05. The van der Waals surface area contributed by atoms with Crippen LogP contribution in [0.2, 0.25) is 5.02 Å². The topological polar surface area (TPSA) is 56.6 Å². The molecule has 0 spiro atoms. The average molecular weight is 205 g/mol. The lowest BCUT2D eigenvalue weighted by Gasteiger charge is -1.99. The second-order valence-electron chi connectivity index (χ2n) is 2.81. The Morgan fingerprint density at radius 1 is 1.43 bits per heavy atom. The van der Waals surface area contributed by atoms with Crippen molar-refractivity contribution in [3.8, 4) is 6.07 Å². The molecule has 68 valence electrons. The van der Waals surface area contributed by atoms with Crippen LogP contribution in [0.3, 0.4) is 0 Å². The minimum Gasteiger partial charge on any atom is -0.358 e. The molecule has 2 rings (SSSR count). The molecule has 0 fully saturated rings. The van der Waals surface area contributed by atoms with Crippen molar-refractivity contribution >= 4 is 22.5 Å². The number of benzene rings is 1. The van der Waals surface area contributed by atoms with E-state index in [4.69, 9.17) is 16.9 Å². The Kier molecular flexibility index (Phi) is 1.99. The first kappa shape index (κ1) is 8.79. The second-order valence-corrected chi connectivity index (χ2v) is 3.21. The third kappa shape index (κ3) is 1.17. The van der Waals surface area contributed by atoms with E-state index in [0.29, 0.717) is 15.9 Å². The molecule has 1 N–H and O–H groups in total. The Hall–Kier alpha value is -1.79. The summed E-state index contributed by atoms with van der Waals surface area (Å²) < 4.78 is 0. The maximum Gasteiger partial charge on any atom is 0.207 e. The van der Waals surface area contributed by atoms with Gasteiger partial charge in [0, 0.05) is 11.6 Å². The van der Waals surface area contributed by atoms with Crippen LogP contribution in [0.1, 0.15) is 5.56 Å². The Morgan fingerprint density at radius 3 is 2.93 bits per heavy atom. The molecule has 1 aromatic heterocycles. The van der Waals surface area contributed by atoms with Gasteiger partial charge in [0.05, 0.1) is 10.5 Å². The van der Waals surface area contributed by atoms with E-state index >= 15 is 0 Å².